The van der Waals surface area contributed by atoms with Crippen molar-refractivity contribution in [1.29, 1.82) is 0 Å². The summed E-state index contributed by atoms with van der Waals surface area (Å²) < 4.78 is 51.2. The number of anilines is 1. The number of nitrogens with one attached hydrogen (secondary N) is 1. The summed E-state index contributed by atoms with van der Waals surface area (Å²) >= 11 is 2.88. The fourth-order valence-corrected chi connectivity index (χ4v) is 2.27. The third kappa shape index (κ3) is 3.93. The molecule has 1 heterocycles. The number of hydrogen-bond acceptors (Lipinski definition) is 2. The molecular formula is C14H11BrF4N2. The summed E-state index contributed by atoms with van der Waals surface area (Å²) in [4.78, 5) is 3.89. The van der Waals surface area contributed by atoms with E-state index in [0.29, 0.717) is 11.4 Å². The second-order valence-corrected chi connectivity index (χ2v) is 5.31. The largest absolute Gasteiger partial charge is 0.417 e. The lowest BCUT2D eigenvalue weighted by molar-refractivity contribution is -0.138. The molecule has 1 aromatic heterocycles. The molecule has 0 aliphatic rings. The zero-order valence-electron chi connectivity index (χ0n) is 10.9. The molecule has 2 rings (SSSR count). The van der Waals surface area contributed by atoms with Crippen LogP contribution < -0.4 is 5.32 Å². The van der Waals surface area contributed by atoms with Gasteiger partial charge in [0.2, 0.25) is 0 Å². The Kier molecular flexibility index (Phi) is 4.51. The van der Waals surface area contributed by atoms with Crippen LogP contribution in [-0.4, -0.2) is 4.98 Å². The summed E-state index contributed by atoms with van der Waals surface area (Å²) in [5, 5.41) is 2.91. The number of nitrogens with zero attached hydrogens (tertiary/aromatic N) is 1. The highest BCUT2D eigenvalue weighted by molar-refractivity contribution is 9.10. The number of pyridine rings is 1. The van der Waals surface area contributed by atoms with Gasteiger partial charge in [-0.25, -0.2) is 4.39 Å². The van der Waals surface area contributed by atoms with Crippen molar-refractivity contribution >= 4 is 21.6 Å². The van der Waals surface area contributed by atoms with Crippen LogP contribution in [0.3, 0.4) is 0 Å². The molecule has 0 radical (unpaired) electrons. The molecule has 0 saturated heterocycles. The van der Waals surface area contributed by atoms with Crippen LogP contribution in [-0.2, 0) is 6.18 Å². The average molecular weight is 363 g/mol. The maximum Gasteiger partial charge on any atom is 0.417 e. The monoisotopic (exact) mass is 362 g/mol. The molecule has 1 atom stereocenters. The first-order chi connectivity index (χ1) is 9.77. The third-order valence-electron chi connectivity index (χ3n) is 2.85. The summed E-state index contributed by atoms with van der Waals surface area (Å²) in [6, 6.07) is 6.26. The van der Waals surface area contributed by atoms with Gasteiger partial charge in [-0.05, 0) is 37.3 Å². The van der Waals surface area contributed by atoms with E-state index in [-0.39, 0.29) is 10.5 Å². The van der Waals surface area contributed by atoms with E-state index in [1.165, 1.54) is 24.3 Å². The van der Waals surface area contributed by atoms with Crippen molar-refractivity contribution in [3.05, 3.63) is 58.1 Å². The fraction of sp³-hybridized carbons (Fsp3) is 0.214. The van der Waals surface area contributed by atoms with E-state index in [1.807, 2.05) is 0 Å². The smallest absolute Gasteiger partial charge is 0.377 e. The molecule has 7 heteroatoms. The lowest BCUT2D eigenvalue weighted by Crippen LogP contribution is -2.11. The zero-order chi connectivity index (χ0) is 15.6. The van der Waals surface area contributed by atoms with Gasteiger partial charge in [0.25, 0.3) is 0 Å². The molecule has 112 valence electrons. The minimum atomic E-state index is -4.44. The van der Waals surface area contributed by atoms with Gasteiger partial charge in [-0.1, -0.05) is 15.9 Å². The van der Waals surface area contributed by atoms with E-state index in [1.54, 1.807) is 6.92 Å². The van der Waals surface area contributed by atoms with Crippen LogP contribution in [0.4, 0.5) is 23.2 Å². The molecule has 2 aromatic rings. The van der Waals surface area contributed by atoms with Crippen LogP contribution >= 0.6 is 15.9 Å². The molecule has 0 amide bonds. The number of aromatic nitrogens is 1. The van der Waals surface area contributed by atoms with Crippen molar-refractivity contribution in [1.82, 2.24) is 4.98 Å². The number of hydrogen-bond donors (Lipinski definition) is 1. The van der Waals surface area contributed by atoms with Gasteiger partial charge in [0.15, 0.2) is 0 Å². The predicted molar refractivity (Wildman–Crippen MR) is 75.4 cm³/mol. The molecule has 2 nitrogen and oxygen atoms in total. The lowest BCUT2D eigenvalue weighted by atomic mass is 10.1. The van der Waals surface area contributed by atoms with E-state index in [9.17, 15) is 17.6 Å². The van der Waals surface area contributed by atoms with Crippen LogP contribution in [0.5, 0.6) is 0 Å². The van der Waals surface area contributed by atoms with Gasteiger partial charge < -0.3 is 5.32 Å². The van der Waals surface area contributed by atoms with Crippen molar-refractivity contribution in [3.63, 3.8) is 0 Å². The Hall–Kier alpha value is -1.63. The SMILES string of the molecule is CC(Nc1ccc(Br)c(C(F)(F)F)c1)c1ccc(F)cn1. The van der Waals surface area contributed by atoms with Gasteiger partial charge in [-0.15, -0.1) is 0 Å². The van der Waals surface area contributed by atoms with Gasteiger partial charge in [0.05, 0.1) is 23.5 Å². The van der Waals surface area contributed by atoms with Crippen molar-refractivity contribution in [2.45, 2.75) is 19.1 Å². The molecular weight excluding hydrogens is 352 g/mol. The first kappa shape index (κ1) is 15.8. The molecule has 0 spiro atoms. The Morgan fingerprint density at radius 3 is 2.48 bits per heavy atom. The normalized spacial score (nSPS) is 13.0. The van der Waals surface area contributed by atoms with Gasteiger partial charge in [0.1, 0.15) is 5.82 Å². The Morgan fingerprint density at radius 1 is 1.19 bits per heavy atom. The third-order valence-corrected chi connectivity index (χ3v) is 3.54. The molecule has 0 bridgehead atoms. The molecule has 0 fully saturated rings. The number of halogens is 5. The summed E-state index contributed by atoms with van der Waals surface area (Å²) in [5.74, 6) is -0.464. The zero-order valence-corrected chi connectivity index (χ0v) is 12.5. The molecule has 21 heavy (non-hydrogen) atoms. The molecule has 0 saturated carbocycles. The van der Waals surface area contributed by atoms with E-state index in [4.69, 9.17) is 0 Å². The standard InChI is InChI=1S/C14H11BrF4N2/c1-8(13-5-2-9(16)7-20-13)21-10-3-4-12(15)11(6-10)14(17,18)19/h2-8,21H,1H3. The number of benzene rings is 1. The van der Waals surface area contributed by atoms with Crippen LogP contribution in [0.15, 0.2) is 41.0 Å². The van der Waals surface area contributed by atoms with E-state index < -0.39 is 17.6 Å². The average Bonchev–Trinajstić information content (AvgIpc) is 2.40. The van der Waals surface area contributed by atoms with Gasteiger partial charge >= 0.3 is 6.18 Å². The lowest BCUT2D eigenvalue weighted by Gasteiger charge is -2.17. The molecule has 1 aromatic carbocycles. The van der Waals surface area contributed by atoms with Crippen LogP contribution in [0.1, 0.15) is 24.2 Å². The second-order valence-electron chi connectivity index (χ2n) is 4.46. The van der Waals surface area contributed by atoms with E-state index >= 15 is 0 Å². The minimum Gasteiger partial charge on any atom is -0.377 e. The summed E-state index contributed by atoms with van der Waals surface area (Å²) in [7, 11) is 0. The first-order valence-corrected chi connectivity index (χ1v) is 6.81. The minimum absolute atomic E-state index is 0.0203. The topological polar surface area (TPSA) is 24.9 Å². The quantitative estimate of drug-likeness (QED) is 0.761. The molecule has 1 N–H and O–H groups in total. The summed E-state index contributed by atoms with van der Waals surface area (Å²) in [6.45, 7) is 1.73. The Labute approximate surface area is 127 Å². The summed E-state index contributed by atoms with van der Waals surface area (Å²) in [5.41, 5.74) is 0.0868. The van der Waals surface area contributed by atoms with E-state index in [2.05, 4.69) is 26.2 Å². The maximum atomic E-state index is 12.8. The highest BCUT2D eigenvalue weighted by Gasteiger charge is 2.33. The molecule has 0 aliphatic heterocycles. The van der Waals surface area contributed by atoms with Crippen molar-refractivity contribution in [2.75, 3.05) is 5.32 Å². The first-order valence-electron chi connectivity index (χ1n) is 6.02. The van der Waals surface area contributed by atoms with Crippen molar-refractivity contribution in [2.24, 2.45) is 0 Å². The summed E-state index contributed by atoms with van der Waals surface area (Å²) in [6.07, 6.45) is -3.37. The highest BCUT2D eigenvalue weighted by atomic mass is 79.9. The molecule has 0 aliphatic carbocycles. The maximum absolute atomic E-state index is 12.8. The number of alkyl halides is 3. The Morgan fingerprint density at radius 2 is 1.90 bits per heavy atom. The Bertz CT molecular complexity index is 626. The fourth-order valence-electron chi connectivity index (χ4n) is 1.80. The predicted octanol–water partition coefficient (Wildman–Crippen LogP) is 5.18. The van der Waals surface area contributed by atoms with Crippen molar-refractivity contribution in [3.8, 4) is 0 Å². The highest BCUT2D eigenvalue weighted by Crippen LogP contribution is 2.36. The van der Waals surface area contributed by atoms with Gasteiger partial charge in [0, 0.05) is 10.2 Å². The van der Waals surface area contributed by atoms with Crippen LogP contribution in [0.2, 0.25) is 0 Å². The van der Waals surface area contributed by atoms with Crippen molar-refractivity contribution < 1.29 is 17.6 Å². The van der Waals surface area contributed by atoms with Gasteiger partial charge in [-0.3, -0.25) is 4.98 Å². The second kappa shape index (κ2) is 6.01. The van der Waals surface area contributed by atoms with Crippen LogP contribution in [0.25, 0.3) is 0 Å². The van der Waals surface area contributed by atoms with Crippen LogP contribution in [0, 0.1) is 5.82 Å². The van der Waals surface area contributed by atoms with E-state index in [0.717, 1.165) is 12.3 Å². The number of rotatable bonds is 3. The Balaban J connectivity index is 2.21. The molecule has 1 unspecified atom stereocenters. The van der Waals surface area contributed by atoms with Gasteiger partial charge in [-0.2, -0.15) is 13.2 Å².